The monoisotopic (exact) mass is 321 g/mol. The number of hydrogen-bond donors (Lipinski definition) is 1. The van der Waals surface area contributed by atoms with Gasteiger partial charge in [-0.1, -0.05) is 0 Å². The fourth-order valence-electron chi connectivity index (χ4n) is 1.77. The summed E-state index contributed by atoms with van der Waals surface area (Å²) in [5, 5.41) is 0. The molecule has 2 aromatic rings. The van der Waals surface area contributed by atoms with Crippen molar-refractivity contribution in [2.75, 3.05) is 13.7 Å². The van der Waals surface area contributed by atoms with Gasteiger partial charge in [-0.15, -0.1) is 0 Å². The molecule has 100 valence electrons. The molecule has 0 saturated carbocycles. The van der Waals surface area contributed by atoms with E-state index in [1.807, 2.05) is 30.3 Å². The van der Waals surface area contributed by atoms with E-state index >= 15 is 0 Å². The maximum atomic E-state index is 11.7. The summed E-state index contributed by atoms with van der Waals surface area (Å²) in [5.41, 5.74) is 2.45. The summed E-state index contributed by atoms with van der Waals surface area (Å²) < 4.78 is 11.1. The number of benzene rings is 1. The molecule has 1 unspecified atom stereocenters. The average Bonchev–Trinajstić information content (AvgIpc) is 2.81. The standard InChI is InChI=1S/C14H16AsNO3/c1-3-19-14(17)13-11(15)8-12(16-13)9-4-6-10(18-2)7-5-9/h4-8,16H,3,15H2,1-2H3. The number of esters is 1. The van der Waals surface area contributed by atoms with Crippen LogP contribution in [-0.4, -0.2) is 41.5 Å². The van der Waals surface area contributed by atoms with E-state index in [1.165, 1.54) is 16.9 Å². The van der Waals surface area contributed by atoms with E-state index in [-0.39, 0.29) is 5.97 Å². The maximum absolute atomic E-state index is 11.7. The van der Waals surface area contributed by atoms with Crippen LogP contribution in [0.5, 0.6) is 5.75 Å². The van der Waals surface area contributed by atoms with Gasteiger partial charge in [0.05, 0.1) is 0 Å². The van der Waals surface area contributed by atoms with Crippen molar-refractivity contribution in [3.8, 4) is 17.0 Å². The fourth-order valence-corrected chi connectivity index (χ4v) is 2.52. The molecule has 0 amide bonds. The Morgan fingerprint density at radius 2 is 2.00 bits per heavy atom. The number of ether oxygens (including phenoxy) is 2. The topological polar surface area (TPSA) is 51.3 Å². The SMILES string of the molecule is CCOC(=O)c1[nH]c(-c2ccc(OC)cc2)cc1[AsH2]. The first-order valence-corrected chi connectivity index (χ1v) is 7.17. The number of H-pyrrole nitrogens is 1. The van der Waals surface area contributed by atoms with Gasteiger partial charge in [-0.25, -0.2) is 0 Å². The van der Waals surface area contributed by atoms with Crippen LogP contribution in [-0.2, 0) is 4.74 Å². The molecule has 0 bridgehead atoms. The molecule has 0 radical (unpaired) electrons. The molecule has 2 rings (SSSR count). The number of carbonyl (C=O) groups is 1. The van der Waals surface area contributed by atoms with E-state index in [4.69, 9.17) is 9.47 Å². The molecule has 1 heterocycles. The van der Waals surface area contributed by atoms with Crippen LogP contribution < -0.4 is 9.09 Å². The number of nitrogens with one attached hydrogen (secondary N) is 1. The molecule has 4 nitrogen and oxygen atoms in total. The Hall–Kier alpha value is -1.67. The number of aromatic amines is 1. The second-order valence-electron chi connectivity index (χ2n) is 3.96. The van der Waals surface area contributed by atoms with Gasteiger partial charge in [0.15, 0.2) is 0 Å². The molecule has 0 fully saturated rings. The second-order valence-corrected chi connectivity index (χ2v) is 5.27. The molecule has 1 atom stereocenters. The van der Waals surface area contributed by atoms with Crippen LogP contribution in [0.15, 0.2) is 30.3 Å². The third kappa shape index (κ3) is 3.02. The molecule has 0 saturated heterocycles. The zero-order valence-corrected chi connectivity index (χ0v) is 13.3. The molecular formula is C14H16AsNO3. The van der Waals surface area contributed by atoms with E-state index in [2.05, 4.69) is 4.98 Å². The Morgan fingerprint density at radius 1 is 1.32 bits per heavy atom. The molecule has 1 aromatic carbocycles. The van der Waals surface area contributed by atoms with Gasteiger partial charge in [-0.2, -0.15) is 0 Å². The summed E-state index contributed by atoms with van der Waals surface area (Å²) in [4.78, 5) is 14.9. The van der Waals surface area contributed by atoms with E-state index in [9.17, 15) is 4.79 Å². The Labute approximate surface area is 120 Å². The van der Waals surface area contributed by atoms with Crippen molar-refractivity contribution in [2.24, 2.45) is 0 Å². The van der Waals surface area contributed by atoms with Crippen LogP contribution in [0.1, 0.15) is 17.4 Å². The number of aromatic nitrogens is 1. The van der Waals surface area contributed by atoms with Gasteiger partial charge in [-0.3, -0.25) is 0 Å². The first-order valence-electron chi connectivity index (χ1n) is 5.95. The van der Waals surface area contributed by atoms with E-state index in [1.54, 1.807) is 14.0 Å². The van der Waals surface area contributed by atoms with Gasteiger partial charge in [-0.05, 0) is 0 Å². The summed E-state index contributed by atoms with van der Waals surface area (Å²) in [6.45, 7) is 2.17. The molecule has 0 spiro atoms. The summed E-state index contributed by atoms with van der Waals surface area (Å²) >= 11 is 1.39. The van der Waals surface area contributed by atoms with Gasteiger partial charge in [0, 0.05) is 0 Å². The predicted octanol–water partition coefficient (Wildman–Crippen LogP) is 1.13. The summed E-state index contributed by atoms with van der Waals surface area (Å²) in [7, 11) is 1.63. The van der Waals surface area contributed by atoms with Crippen molar-refractivity contribution in [1.29, 1.82) is 0 Å². The Morgan fingerprint density at radius 3 is 2.58 bits per heavy atom. The molecule has 5 heteroatoms. The fraction of sp³-hybridized carbons (Fsp3) is 0.214. The molecule has 0 aliphatic rings. The van der Waals surface area contributed by atoms with Gasteiger partial charge < -0.3 is 0 Å². The number of hydrogen-bond acceptors (Lipinski definition) is 3. The first kappa shape index (κ1) is 13.8. The van der Waals surface area contributed by atoms with Crippen LogP contribution in [0.3, 0.4) is 0 Å². The summed E-state index contributed by atoms with van der Waals surface area (Å²) in [5.74, 6) is 0.503. The van der Waals surface area contributed by atoms with E-state index in [0.717, 1.165) is 21.4 Å². The molecule has 0 aliphatic carbocycles. The van der Waals surface area contributed by atoms with Crippen molar-refractivity contribution in [2.45, 2.75) is 6.92 Å². The minimum atomic E-state index is -0.304. The zero-order chi connectivity index (χ0) is 13.8. The summed E-state index contributed by atoms with van der Waals surface area (Å²) in [6, 6.07) is 9.65. The normalized spacial score (nSPS) is 10.3. The Balaban J connectivity index is 2.30. The van der Waals surface area contributed by atoms with E-state index < -0.39 is 0 Å². The third-order valence-electron chi connectivity index (χ3n) is 2.73. The van der Waals surface area contributed by atoms with Gasteiger partial charge >= 0.3 is 120 Å². The van der Waals surface area contributed by atoms with Crippen molar-refractivity contribution >= 4 is 27.2 Å². The molecule has 0 aliphatic heterocycles. The number of rotatable bonds is 4. The molecule has 1 N–H and O–H groups in total. The number of carbonyl (C=O) groups excluding carboxylic acids is 1. The molecule has 19 heavy (non-hydrogen) atoms. The quantitative estimate of drug-likeness (QED) is 0.678. The van der Waals surface area contributed by atoms with Gasteiger partial charge in [0.25, 0.3) is 0 Å². The van der Waals surface area contributed by atoms with Crippen molar-refractivity contribution < 1.29 is 14.3 Å². The van der Waals surface area contributed by atoms with Crippen LogP contribution in [0, 0.1) is 0 Å². The van der Waals surface area contributed by atoms with Crippen molar-refractivity contribution in [1.82, 2.24) is 4.98 Å². The van der Waals surface area contributed by atoms with Gasteiger partial charge in [0.2, 0.25) is 0 Å². The predicted molar refractivity (Wildman–Crippen MR) is 76.9 cm³/mol. The third-order valence-corrected chi connectivity index (χ3v) is 3.68. The Kier molecular flexibility index (Phi) is 4.33. The number of methoxy groups -OCH3 is 1. The van der Waals surface area contributed by atoms with Crippen LogP contribution in [0.2, 0.25) is 0 Å². The Bertz CT molecular complexity index is 575. The van der Waals surface area contributed by atoms with Crippen molar-refractivity contribution in [3.63, 3.8) is 0 Å². The van der Waals surface area contributed by atoms with Crippen LogP contribution >= 0.6 is 0 Å². The molecular weight excluding hydrogens is 305 g/mol. The van der Waals surface area contributed by atoms with Crippen LogP contribution in [0.25, 0.3) is 11.3 Å². The van der Waals surface area contributed by atoms with Crippen LogP contribution in [0.4, 0.5) is 0 Å². The average molecular weight is 321 g/mol. The first-order chi connectivity index (χ1) is 9.15. The summed E-state index contributed by atoms with van der Waals surface area (Å²) in [6.07, 6.45) is 0. The minimum absolute atomic E-state index is 0.304. The second kappa shape index (κ2) is 5.98. The molecule has 1 aromatic heterocycles. The zero-order valence-electron chi connectivity index (χ0n) is 10.9. The van der Waals surface area contributed by atoms with Gasteiger partial charge in [0.1, 0.15) is 0 Å². The van der Waals surface area contributed by atoms with Crippen molar-refractivity contribution in [3.05, 3.63) is 36.0 Å². The van der Waals surface area contributed by atoms with E-state index in [0.29, 0.717) is 12.3 Å².